The van der Waals surface area contributed by atoms with E-state index in [0.717, 1.165) is 0 Å². The van der Waals surface area contributed by atoms with Crippen molar-refractivity contribution in [3.63, 3.8) is 0 Å². The number of hydrogen-bond donors (Lipinski definition) is 5. The first-order valence-corrected chi connectivity index (χ1v) is 9.74. The van der Waals surface area contributed by atoms with E-state index in [1.54, 1.807) is 12.1 Å². The number of benzene rings is 1. The van der Waals surface area contributed by atoms with Crippen LogP contribution in [0, 0.1) is 11.5 Å². The monoisotopic (exact) mass is 466 g/mol. The maximum Gasteiger partial charge on any atom is 0.326 e. The van der Waals surface area contributed by atoms with Gasteiger partial charge < -0.3 is 26.2 Å². The Morgan fingerprint density at radius 3 is 2.65 bits per heavy atom. The third-order valence-electron chi connectivity index (χ3n) is 4.51. The molecule has 0 fully saturated rings. The summed E-state index contributed by atoms with van der Waals surface area (Å²) in [6.07, 6.45) is 2.07. The number of anilines is 2. The first-order valence-electron chi connectivity index (χ1n) is 9.74. The van der Waals surface area contributed by atoms with E-state index in [1.807, 2.05) is 0 Å². The molecule has 2 aromatic heterocycles. The molecule has 3 aromatic rings. The summed E-state index contributed by atoms with van der Waals surface area (Å²) in [5.74, 6) is -2.93. The molecule has 0 saturated heterocycles. The van der Waals surface area contributed by atoms with Crippen LogP contribution in [0.3, 0.4) is 0 Å². The van der Waals surface area contributed by atoms with Crippen LogP contribution in [0.5, 0.6) is 0 Å². The van der Waals surface area contributed by atoms with Crippen LogP contribution in [-0.2, 0) is 20.9 Å². The van der Waals surface area contributed by atoms with Gasteiger partial charge in [-0.05, 0) is 30.7 Å². The van der Waals surface area contributed by atoms with Crippen molar-refractivity contribution in [3.8, 4) is 6.26 Å². The smallest absolute Gasteiger partial charge is 0.326 e. The van der Waals surface area contributed by atoms with E-state index in [1.165, 1.54) is 24.6 Å². The molecule has 174 valence electrons. The van der Waals surface area contributed by atoms with Gasteiger partial charge in [0, 0.05) is 17.7 Å². The van der Waals surface area contributed by atoms with Crippen LogP contribution in [-0.4, -0.2) is 48.9 Å². The number of hydrogen-bond acceptors (Lipinski definition) is 11. The number of aliphatic carboxylic acids is 1. The summed E-state index contributed by atoms with van der Waals surface area (Å²) < 4.78 is 4.08. The number of nitriles is 1. The van der Waals surface area contributed by atoms with Crippen molar-refractivity contribution >= 4 is 40.6 Å². The number of carbonyl (C=O) groups is 3. The summed E-state index contributed by atoms with van der Waals surface area (Å²) in [6.45, 7) is 0.220. The molecule has 0 unspecified atom stereocenters. The van der Waals surface area contributed by atoms with Gasteiger partial charge in [0.25, 0.3) is 17.7 Å². The van der Waals surface area contributed by atoms with Gasteiger partial charge in [-0.3, -0.25) is 19.4 Å². The molecule has 2 heterocycles. The van der Waals surface area contributed by atoms with E-state index in [9.17, 15) is 24.3 Å². The molecule has 0 aliphatic carbocycles. The molecule has 6 N–H and O–H groups in total. The van der Waals surface area contributed by atoms with Gasteiger partial charge in [0.1, 0.15) is 6.04 Å². The van der Waals surface area contributed by atoms with Gasteiger partial charge in [-0.1, -0.05) is 0 Å². The number of carboxylic acids is 1. The van der Waals surface area contributed by atoms with Gasteiger partial charge in [-0.2, -0.15) is 4.98 Å². The number of H-pyrrole nitrogens is 1. The van der Waals surface area contributed by atoms with E-state index in [2.05, 4.69) is 35.3 Å². The Balaban J connectivity index is 1.60. The lowest BCUT2D eigenvalue weighted by molar-refractivity contribution is -0.140. The number of nitrogens with one attached hydrogen (secondary N) is 3. The number of aromatic nitrogens is 4. The molecule has 0 aliphatic heterocycles. The minimum absolute atomic E-state index is 0.0504. The van der Waals surface area contributed by atoms with Crippen LogP contribution in [0.1, 0.15) is 28.9 Å². The molecule has 14 heteroatoms. The quantitative estimate of drug-likeness (QED) is 0.206. The molecule has 1 aromatic carbocycles. The fourth-order valence-electron chi connectivity index (χ4n) is 2.85. The van der Waals surface area contributed by atoms with E-state index in [4.69, 9.17) is 11.0 Å². The SMILES string of the molecule is N#COC(=O)CC[C@H](NC(=O)c1ccc(NCc2cnc3nc(N)[nH]c(=O)c3n2)cc1)C(=O)O. The predicted molar refractivity (Wildman–Crippen MR) is 116 cm³/mol. The van der Waals surface area contributed by atoms with Crippen molar-refractivity contribution in [1.82, 2.24) is 25.3 Å². The van der Waals surface area contributed by atoms with Gasteiger partial charge >= 0.3 is 11.9 Å². The van der Waals surface area contributed by atoms with Crippen LogP contribution >= 0.6 is 0 Å². The number of aromatic amines is 1. The summed E-state index contributed by atoms with van der Waals surface area (Å²) in [5.41, 5.74) is 6.43. The van der Waals surface area contributed by atoms with Crippen molar-refractivity contribution in [2.45, 2.75) is 25.4 Å². The molecule has 14 nitrogen and oxygen atoms in total. The van der Waals surface area contributed by atoms with Crippen molar-refractivity contribution in [1.29, 1.82) is 5.26 Å². The highest BCUT2D eigenvalue weighted by atomic mass is 16.5. The zero-order valence-electron chi connectivity index (χ0n) is 17.4. The van der Waals surface area contributed by atoms with Crippen molar-refractivity contribution < 1.29 is 24.2 Å². The molecule has 34 heavy (non-hydrogen) atoms. The largest absolute Gasteiger partial charge is 0.480 e. The Bertz CT molecular complexity index is 1330. The number of nitrogens with two attached hydrogens (primary N) is 1. The van der Waals surface area contributed by atoms with Crippen LogP contribution in [0.15, 0.2) is 35.3 Å². The van der Waals surface area contributed by atoms with E-state index < -0.39 is 29.4 Å². The second-order valence-electron chi connectivity index (χ2n) is 6.88. The van der Waals surface area contributed by atoms with Crippen molar-refractivity contribution in [3.05, 3.63) is 52.1 Å². The summed E-state index contributed by atoms with van der Waals surface area (Å²) in [5, 5.41) is 22.9. The summed E-state index contributed by atoms with van der Waals surface area (Å²) in [6, 6.07) is 4.81. The zero-order chi connectivity index (χ0) is 24.7. The average molecular weight is 466 g/mol. The first kappa shape index (κ1) is 23.6. The molecular formula is C20H18N8O6. The lowest BCUT2D eigenvalue weighted by Crippen LogP contribution is -2.41. The second kappa shape index (κ2) is 10.5. The summed E-state index contributed by atoms with van der Waals surface area (Å²) in [4.78, 5) is 61.4. The number of carbonyl (C=O) groups excluding carboxylic acids is 2. The summed E-state index contributed by atoms with van der Waals surface area (Å²) in [7, 11) is 0. The highest BCUT2D eigenvalue weighted by Gasteiger charge is 2.22. The molecule has 1 amide bonds. The number of nitrogens with zero attached hydrogens (tertiary/aromatic N) is 4. The Hall–Kier alpha value is -5.06. The standard InChI is InChI=1S/C20H18N8O6/c21-9-34-14(29)6-5-13(19(32)33)26-17(30)10-1-3-11(4-2-10)23-7-12-8-24-16-15(25-12)18(31)28-20(22)27-16/h1-4,8,13,23H,5-7H2,(H,26,30)(H,32,33)(H3,22,24,27,28,31)/t13-/m0/s1. The van der Waals surface area contributed by atoms with Crippen molar-refractivity contribution in [2.24, 2.45) is 0 Å². The molecular weight excluding hydrogens is 448 g/mol. The van der Waals surface area contributed by atoms with Crippen LogP contribution in [0.25, 0.3) is 11.2 Å². The number of ether oxygens (including phenoxy) is 1. The highest BCUT2D eigenvalue weighted by Crippen LogP contribution is 2.12. The Kier molecular flexibility index (Phi) is 7.29. The zero-order valence-corrected chi connectivity index (χ0v) is 17.4. The minimum atomic E-state index is -1.34. The Morgan fingerprint density at radius 2 is 1.97 bits per heavy atom. The lowest BCUT2D eigenvalue weighted by Gasteiger charge is -2.14. The number of nitrogen functional groups attached to an aromatic ring is 1. The van der Waals surface area contributed by atoms with Crippen LogP contribution < -0.4 is 21.9 Å². The topological polar surface area (TPSA) is 226 Å². The third-order valence-corrected chi connectivity index (χ3v) is 4.51. The predicted octanol–water partition coefficient (Wildman–Crippen LogP) is -0.105. The molecule has 0 saturated carbocycles. The van der Waals surface area contributed by atoms with Crippen molar-refractivity contribution in [2.75, 3.05) is 11.1 Å². The van der Waals surface area contributed by atoms with E-state index in [-0.39, 0.29) is 42.1 Å². The second-order valence-corrected chi connectivity index (χ2v) is 6.88. The average Bonchev–Trinajstić information content (AvgIpc) is 2.80. The van der Waals surface area contributed by atoms with Crippen LogP contribution in [0.4, 0.5) is 11.6 Å². The highest BCUT2D eigenvalue weighted by molar-refractivity contribution is 5.97. The lowest BCUT2D eigenvalue weighted by atomic mass is 10.1. The Morgan fingerprint density at radius 1 is 1.24 bits per heavy atom. The number of esters is 1. The van der Waals surface area contributed by atoms with E-state index >= 15 is 0 Å². The fraction of sp³-hybridized carbons (Fsp3) is 0.200. The van der Waals surface area contributed by atoms with Gasteiger partial charge in [0.05, 0.1) is 18.4 Å². The Labute approximate surface area is 190 Å². The number of carboxylic acid groups (broad SMARTS) is 1. The fourth-order valence-corrected chi connectivity index (χ4v) is 2.85. The molecule has 0 aliphatic rings. The molecule has 1 atom stereocenters. The molecule has 0 spiro atoms. The third kappa shape index (κ3) is 6.01. The summed E-state index contributed by atoms with van der Waals surface area (Å²) >= 11 is 0. The molecule has 0 radical (unpaired) electrons. The first-order chi connectivity index (χ1) is 16.3. The number of rotatable bonds is 9. The maximum absolute atomic E-state index is 12.4. The molecule has 3 rings (SSSR count). The van der Waals surface area contributed by atoms with Gasteiger partial charge in [-0.25, -0.2) is 14.8 Å². The minimum Gasteiger partial charge on any atom is -0.480 e. The molecule has 0 bridgehead atoms. The van der Waals surface area contributed by atoms with Gasteiger partial charge in [0.15, 0.2) is 11.2 Å². The normalized spacial score (nSPS) is 11.3. The van der Waals surface area contributed by atoms with Gasteiger partial charge in [-0.15, -0.1) is 5.26 Å². The number of amides is 1. The maximum atomic E-state index is 12.4. The van der Waals surface area contributed by atoms with Gasteiger partial charge in [0.2, 0.25) is 5.95 Å². The number of fused-ring (bicyclic) bond motifs is 1. The van der Waals surface area contributed by atoms with E-state index in [0.29, 0.717) is 11.4 Å². The van der Waals surface area contributed by atoms with Crippen LogP contribution in [0.2, 0.25) is 0 Å².